The van der Waals surface area contributed by atoms with Gasteiger partial charge in [-0.05, 0) is 18.3 Å². The van der Waals surface area contributed by atoms with Gasteiger partial charge in [-0.25, -0.2) is 9.97 Å². The maximum Gasteiger partial charge on any atom is 0.158 e. The van der Waals surface area contributed by atoms with Gasteiger partial charge in [0.1, 0.15) is 17.6 Å². The van der Waals surface area contributed by atoms with Crippen molar-refractivity contribution in [3.63, 3.8) is 0 Å². The Morgan fingerprint density at radius 1 is 1.37 bits per heavy atom. The van der Waals surface area contributed by atoms with Gasteiger partial charge in [-0.2, -0.15) is 0 Å². The summed E-state index contributed by atoms with van der Waals surface area (Å²) in [7, 11) is 0. The zero-order valence-electron chi connectivity index (χ0n) is 12.5. The van der Waals surface area contributed by atoms with Crippen LogP contribution >= 0.6 is 11.6 Å². The lowest BCUT2D eigenvalue weighted by Crippen LogP contribution is -2.28. The number of hydrogen-bond donors (Lipinski definition) is 1. The molecule has 0 saturated carbocycles. The van der Waals surface area contributed by atoms with Gasteiger partial charge in [0.2, 0.25) is 0 Å². The molecule has 0 aliphatic heterocycles. The maximum absolute atomic E-state index is 5.99. The number of aromatic nitrogens is 2. The first-order chi connectivity index (χ1) is 8.85. The fourth-order valence-electron chi connectivity index (χ4n) is 1.34. The van der Waals surface area contributed by atoms with E-state index in [0.717, 1.165) is 12.4 Å². The Morgan fingerprint density at radius 3 is 2.63 bits per heavy atom. The fourth-order valence-corrected chi connectivity index (χ4v) is 1.54. The maximum atomic E-state index is 5.99. The van der Waals surface area contributed by atoms with Gasteiger partial charge < -0.3 is 10.1 Å². The lowest BCUT2D eigenvalue weighted by molar-refractivity contribution is 0.128. The van der Waals surface area contributed by atoms with Crippen LogP contribution in [0.3, 0.4) is 0 Å². The van der Waals surface area contributed by atoms with E-state index in [4.69, 9.17) is 16.3 Å². The van der Waals surface area contributed by atoms with E-state index < -0.39 is 0 Å². The zero-order valence-corrected chi connectivity index (χ0v) is 13.2. The molecule has 0 aliphatic rings. The third kappa shape index (κ3) is 5.33. The van der Waals surface area contributed by atoms with Crippen molar-refractivity contribution < 1.29 is 4.74 Å². The molecular weight excluding hydrogens is 262 g/mol. The molecule has 1 aromatic rings. The van der Waals surface area contributed by atoms with Crippen LogP contribution in [0, 0.1) is 11.3 Å². The van der Waals surface area contributed by atoms with E-state index in [1.54, 1.807) is 6.07 Å². The minimum Gasteiger partial charge on any atom is -0.374 e. The van der Waals surface area contributed by atoms with Gasteiger partial charge in [0.25, 0.3) is 0 Å². The Kier molecular flexibility index (Phi) is 6.01. The second kappa shape index (κ2) is 7.06. The average Bonchev–Trinajstić information content (AvgIpc) is 2.33. The summed E-state index contributed by atoms with van der Waals surface area (Å²) in [6.07, 6.45) is 0. The highest BCUT2D eigenvalue weighted by Crippen LogP contribution is 2.26. The second-order valence-corrected chi connectivity index (χ2v) is 6.01. The molecule has 108 valence electrons. The predicted molar refractivity (Wildman–Crippen MR) is 79.5 cm³/mol. The molecule has 1 aromatic heterocycles. The van der Waals surface area contributed by atoms with E-state index in [0.29, 0.717) is 30.1 Å². The zero-order chi connectivity index (χ0) is 14.5. The predicted octanol–water partition coefficient (Wildman–Crippen LogP) is 3.76. The first-order valence-electron chi connectivity index (χ1n) is 6.70. The molecular formula is C14H24ClN3O. The molecule has 0 amide bonds. The SMILES string of the molecule is CCOCc1nc(Cl)cc(NCC(C)(C)C(C)C)n1. The Hall–Kier alpha value is -0.870. The highest BCUT2D eigenvalue weighted by atomic mass is 35.5. The number of ether oxygens (including phenoxy) is 1. The van der Waals surface area contributed by atoms with Crippen LogP contribution in [0.4, 0.5) is 5.82 Å². The molecule has 0 radical (unpaired) electrons. The summed E-state index contributed by atoms with van der Waals surface area (Å²) in [6, 6.07) is 1.74. The van der Waals surface area contributed by atoms with Crippen molar-refractivity contribution in [1.82, 2.24) is 9.97 Å². The highest BCUT2D eigenvalue weighted by Gasteiger charge is 2.22. The van der Waals surface area contributed by atoms with Crippen LogP contribution < -0.4 is 5.32 Å². The summed E-state index contributed by atoms with van der Waals surface area (Å²) in [6.45, 7) is 12.7. The molecule has 0 saturated heterocycles. The van der Waals surface area contributed by atoms with Crippen molar-refractivity contribution in [1.29, 1.82) is 0 Å². The first kappa shape index (κ1) is 16.2. The van der Waals surface area contributed by atoms with Crippen LogP contribution in [-0.4, -0.2) is 23.1 Å². The summed E-state index contributed by atoms with van der Waals surface area (Å²) in [4.78, 5) is 8.54. The minimum atomic E-state index is 0.192. The van der Waals surface area contributed by atoms with Gasteiger partial charge in [0, 0.05) is 19.2 Å². The summed E-state index contributed by atoms with van der Waals surface area (Å²) in [5.74, 6) is 1.95. The average molecular weight is 286 g/mol. The van der Waals surface area contributed by atoms with Gasteiger partial charge in [0.15, 0.2) is 5.82 Å². The van der Waals surface area contributed by atoms with Crippen LogP contribution in [0.25, 0.3) is 0 Å². The topological polar surface area (TPSA) is 47.0 Å². The van der Waals surface area contributed by atoms with E-state index in [2.05, 4.69) is 43.0 Å². The molecule has 0 aromatic carbocycles. The summed E-state index contributed by atoms with van der Waals surface area (Å²) < 4.78 is 5.30. The molecule has 0 atom stereocenters. The molecule has 0 fully saturated rings. The Balaban J connectivity index is 2.70. The van der Waals surface area contributed by atoms with E-state index >= 15 is 0 Å². The summed E-state index contributed by atoms with van der Waals surface area (Å²) in [5, 5.41) is 3.77. The van der Waals surface area contributed by atoms with Crippen molar-refractivity contribution >= 4 is 17.4 Å². The van der Waals surface area contributed by atoms with Crippen molar-refractivity contribution in [3.8, 4) is 0 Å². The lowest BCUT2D eigenvalue weighted by atomic mass is 9.81. The van der Waals surface area contributed by atoms with Crippen LogP contribution in [0.1, 0.15) is 40.4 Å². The minimum absolute atomic E-state index is 0.192. The molecule has 1 heterocycles. The molecule has 0 unspecified atom stereocenters. The van der Waals surface area contributed by atoms with E-state index in [9.17, 15) is 0 Å². The number of rotatable bonds is 7. The van der Waals surface area contributed by atoms with E-state index in [1.807, 2.05) is 6.92 Å². The fraction of sp³-hybridized carbons (Fsp3) is 0.714. The van der Waals surface area contributed by atoms with E-state index in [-0.39, 0.29) is 5.41 Å². The van der Waals surface area contributed by atoms with Crippen molar-refractivity contribution in [2.75, 3.05) is 18.5 Å². The first-order valence-corrected chi connectivity index (χ1v) is 7.08. The molecule has 4 nitrogen and oxygen atoms in total. The number of nitrogens with one attached hydrogen (secondary N) is 1. The van der Waals surface area contributed by atoms with Crippen LogP contribution in [0.2, 0.25) is 5.15 Å². The Morgan fingerprint density at radius 2 is 2.05 bits per heavy atom. The van der Waals surface area contributed by atoms with Gasteiger partial charge in [-0.1, -0.05) is 39.3 Å². The molecule has 0 spiro atoms. The van der Waals surface area contributed by atoms with Crippen molar-refractivity contribution in [3.05, 3.63) is 17.0 Å². The lowest BCUT2D eigenvalue weighted by Gasteiger charge is -2.29. The summed E-state index contributed by atoms with van der Waals surface area (Å²) in [5.41, 5.74) is 0.192. The number of hydrogen-bond acceptors (Lipinski definition) is 4. The van der Waals surface area contributed by atoms with Gasteiger partial charge in [-0.3, -0.25) is 0 Å². The number of nitrogens with zero attached hydrogens (tertiary/aromatic N) is 2. The second-order valence-electron chi connectivity index (χ2n) is 5.63. The largest absolute Gasteiger partial charge is 0.374 e. The normalized spacial score (nSPS) is 11.9. The third-order valence-electron chi connectivity index (χ3n) is 3.46. The van der Waals surface area contributed by atoms with E-state index in [1.165, 1.54) is 0 Å². The van der Waals surface area contributed by atoms with Crippen LogP contribution in [-0.2, 0) is 11.3 Å². The molecule has 0 aliphatic carbocycles. The van der Waals surface area contributed by atoms with Crippen molar-refractivity contribution in [2.24, 2.45) is 11.3 Å². The smallest absolute Gasteiger partial charge is 0.158 e. The molecule has 0 bridgehead atoms. The quantitative estimate of drug-likeness (QED) is 0.775. The van der Waals surface area contributed by atoms with Crippen LogP contribution in [0.15, 0.2) is 6.07 Å². The number of anilines is 1. The molecule has 1 N–H and O–H groups in total. The Labute approximate surface area is 120 Å². The number of halogens is 1. The van der Waals surface area contributed by atoms with Gasteiger partial charge in [0.05, 0.1) is 0 Å². The Bertz CT molecular complexity index is 408. The molecule has 5 heteroatoms. The third-order valence-corrected chi connectivity index (χ3v) is 3.66. The van der Waals surface area contributed by atoms with Crippen molar-refractivity contribution in [2.45, 2.75) is 41.2 Å². The highest BCUT2D eigenvalue weighted by molar-refractivity contribution is 6.29. The van der Waals surface area contributed by atoms with Gasteiger partial charge >= 0.3 is 0 Å². The molecule has 19 heavy (non-hydrogen) atoms. The van der Waals surface area contributed by atoms with Gasteiger partial charge in [-0.15, -0.1) is 0 Å². The molecule has 1 rings (SSSR count). The van der Waals surface area contributed by atoms with Crippen LogP contribution in [0.5, 0.6) is 0 Å². The standard InChI is InChI=1S/C14H24ClN3O/c1-6-19-8-13-17-11(15)7-12(18-13)16-9-14(4,5)10(2)3/h7,10H,6,8-9H2,1-5H3,(H,16,17,18). The summed E-state index contributed by atoms with van der Waals surface area (Å²) >= 11 is 5.99. The monoisotopic (exact) mass is 285 g/mol.